The molecule has 1 N–H and O–H groups in total. The standard InChI is InChI=1S/C15H20N2O2S/c1-3-12-5-4-6-14(9-12)19-10-13(18)11-20-15-16-7-8-17(15)2/h4-9,13,18H,3,10-11H2,1-2H3. The quantitative estimate of drug-likeness (QED) is 0.797. The van der Waals surface area contributed by atoms with Gasteiger partial charge in [0.2, 0.25) is 0 Å². The summed E-state index contributed by atoms with van der Waals surface area (Å²) in [5, 5.41) is 10.8. The number of aryl methyl sites for hydroxylation is 2. The number of aliphatic hydroxyl groups excluding tert-OH is 1. The maximum absolute atomic E-state index is 9.94. The lowest BCUT2D eigenvalue weighted by Gasteiger charge is -2.12. The minimum atomic E-state index is -0.512. The second-order valence-electron chi connectivity index (χ2n) is 4.60. The van der Waals surface area contributed by atoms with E-state index in [2.05, 4.69) is 18.0 Å². The Morgan fingerprint density at radius 1 is 1.45 bits per heavy atom. The molecule has 0 fully saturated rings. The van der Waals surface area contributed by atoms with Crippen LogP contribution in [0.4, 0.5) is 0 Å². The van der Waals surface area contributed by atoms with Gasteiger partial charge in [-0.1, -0.05) is 30.8 Å². The lowest BCUT2D eigenvalue weighted by atomic mass is 10.2. The molecule has 0 radical (unpaired) electrons. The Balaban J connectivity index is 1.77. The number of aromatic nitrogens is 2. The second kappa shape index (κ2) is 7.36. The summed E-state index contributed by atoms with van der Waals surface area (Å²) in [6.45, 7) is 2.40. The van der Waals surface area contributed by atoms with Gasteiger partial charge in [-0.05, 0) is 24.1 Å². The van der Waals surface area contributed by atoms with Crippen molar-refractivity contribution in [1.29, 1.82) is 0 Å². The van der Waals surface area contributed by atoms with Crippen LogP contribution in [0.5, 0.6) is 5.75 Å². The van der Waals surface area contributed by atoms with Crippen molar-refractivity contribution in [2.45, 2.75) is 24.6 Å². The fourth-order valence-electron chi connectivity index (χ4n) is 1.76. The molecule has 1 aromatic carbocycles. The molecular weight excluding hydrogens is 272 g/mol. The van der Waals surface area contributed by atoms with Crippen molar-refractivity contribution in [3.8, 4) is 5.75 Å². The first-order valence-electron chi connectivity index (χ1n) is 6.69. The second-order valence-corrected chi connectivity index (χ2v) is 5.58. The number of ether oxygens (including phenoxy) is 1. The van der Waals surface area contributed by atoms with Crippen molar-refractivity contribution in [1.82, 2.24) is 9.55 Å². The molecule has 0 amide bonds. The lowest BCUT2D eigenvalue weighted by molar-refractivity contribution is 0.126. The van der Waals surface area contributed by atoms with Gasteiger partial charge in [0, 0.05) is 25.2 Å². The zero-order chi connectivity index (χ0) is 14.4. The Hall–Kier alpha value is -1.46. The molecule has 0 aliphatic carbocycles. The molecule has 2 rings (SSSR count). The number of hydrogen-bond acceptors (Lipinski definition) is 4. The van der Waals surface area contributed by atoms with Gasteiger partial charge in [0.25, 0.3) is 0 Å². The van der Waals surface area contributed by atoms with E-state index in [0.29, 0.717) is 12.4 Å². The van der Waals surface area contributed by atoms with Gasteiger partial charge in [0.05, 0.1) is 6.10 Å². The van der Waals surface area contributed by atoms with E-state index in [4.69, 9.17) is 4.74 Å². The molecular formula is C15H20N2O2S. The Morgan fingerprint density at radius 3 is 3.00 bits per heavy atom. The Labute approximate surface area is 123 Å². The topological polar surface area (TPSA) is 47.3 Å². The molecule has 1 heterocycles. The summed E-state index contributed by atoms with van der Waals surface area (Å²) < 4.78 is 7.55. The monoisotopic (exact) mass is 292 g/mol. The van der Waals surface area contributed by atoms with E-state index in [9.17, 15) is 5.11 Å². The molecule has 0 aliphatic rings. The van der Waals surface area contributed by atoms with Gasteiger partial charge in [-0.3, -0.25) is 0 Å². The van der Waals surface area contributed by atoms with Crippen LogP contribution >= 0.6 is 11.8 Å². The highest BCUT2D eigenvalue weighted by Crippen LogP contribution is 2.17. The summed E-state index contributed by atoms with van der Waals surface area (Å²) in [5.74, 6) is 1.38. The Morgan fingerprint density at radius 2 is 2.30 bits per heavy atom. The maximum atomic E-state index is 9.94. The van der Waals surface area contributed by atoms with Crippen LogP contribution in [0, 0.1) is 0 Å². The molecule has 4 nitrogen and oxygen atoms in total. The number of benzene rings is 1. The zero-order valence-corrected chi connectivity index (χ0v) is 12.6. The Kier molecular flexibility index (Phi) is 5.49. The largest absolute Gasteiger partial charge is 0.491 e. The highest BCUT2D eigenvalue weighted by molar-refractivity contribution is 7.99. The molecule has 108 valence electrons. The Bertz CT molecular complexity index is 542. The van der Waals surface area contributed by atoms with Crippen molar-refractivity contribution in [3.63, 3.8) is 0 Å². The number of rotatable bonds is 7. The van der Waals surface area contributed by atoms with Gasteiger partial charge >= 0.3 is 0 Å². The van der Waals surface area contributed by atoms with Crippen LogP contribution in [0.15, 0.2) is 41.8 Å². The number of thioether (sulfide) groups is 1. The average Bonchev–Trinajstić information content (AvgIpc) is 2.88. The van der Waals surface area contributed by atoms with E-state index in [0.717, 1.165) is 17.3 Å². The minimum Gasteiger partial charge on any atom is -0.491 e. The van der Waals surface area contributed by atoms with E-state index in [-0.39, 0.29) is 0 Å². The van der Waals surface area contributed by atoms with Gasteiger partial charge in [0.15, 0.2) is 5.16 Å². The van der Waals surface area contributed by atoms with Gasteiger partial charge in [-0.15, -0.1) is 0 Å². The normalized spacial score (nSPS) is 12.3. The van der Waals surface area contributed by atoms with Crippen LogP contribution in [0.1, 0.15) is 12.5 Å². The lowest BCUT2D eigenvalue weighted by Crippen LogP contribution is -2.20. The molecule has 2 aromatic rings. The predicted octanol–water partition coefficient (Wildman–Crippen LogP) is 2.51. The van der Waals surface area contributed by atoms with E-state index >= 15 is 0 Å². The van der Waals surface area contributed by atoms with Crippen LogP contribution in [0.25, 0.3) is 0 Å². The van der Waals surface area contributed by atoms with Crippen LogP contribution in [0.3, 0.4) is 0 Å². The smallest absolute Gasteiger partial charge is 0.167 e. The molecule has 0 bridgehead atoms. The average molecular weight is 292 g/mol. The highest BCUT2D eigenvalue weighted by Gasteiger charge is 2.08. The third-order valence-electron chi connectivity index (χ3n) is 2.93. The number of aliphatic hydroxyl groups is 1. The zero-order valence-electron chi connectivity index (χ0n) is 11.8. The van der Waals surface area contributed by atoms with Crippen molar-refractivity contribution in [3.05, 3.63) is 42.2 Å². The van der Waals surface area contributed by atoms with E-state index in [1.165, 1.54) is 17.3 Å². The number of nitrogens with zero attached hydrogens (tertiary/aromatic N) is 2. The fraction of sp³-hybridized carbons (Fsp3) is 0.400. The molecule has 5 heteroatoms. The first-order valence-corrected chi connectivity index (χ1v) is 7.67. The van der Waals surface area contributed by atoms with Crippen LogP contribution < -0.4 is 4.74 Å². The predicted molar refractivity (Wildman–Crippen MR) is 81.3 cm³/mol. The van der Waals surface area contributed by atoms with Crippen molar-refractivity contribution in [2.24, 2.45) is 7.05 Å². The van der Waals surface area contributed by atoms with Gasteiger partial charge in [-0.25, -0.2) is 4.98 Å². The molecule has 0 saturated carbocycles. The molecule has 0 saturated heterocycles. The van der Waals surface area contributed by atoms with Crippen LogP contribution in [-0.2, 0) is 13.5 Å². The highest BCUT2D eigenvalue weighted by atomic mass is 32.2. The summed E-state index contributed by atoms with van der Waals surface area (Å²) >= 11 is 1.53. The van der Waals surface area contributed by atoms with Gasteiger partial charge < -0.3 is 14.4 Å². The van der Waals surface area contributed by atoms with E-state index in [1.807, 2.05) is 36.0 Å². The molecule has 1 unspecified atom stereocenters. The molecule has 20 heavy (non-hydrogen) atoms. The summed E-state index contributed by atoms with van der Waals surface area (Å²) in [4.78, 5) is 4.20. The summed E-state index contributed by atoms with van der Waals surface area (Å²) in [5.41, 5.74) is 1.24. The van der Waals surface area contributed by atoms with E-state index < -0.39 is 6.10 Å². The molecule has 1 aromatic heterocycles. The van der Waals surface area contributed by atoms with Gasteiger partial charge in [0.1, 0.15) is 12.4 Å². The molecule has 1 atom stereocenters. The van der Waals surface area contributed by atoms with Crippen LogP contribution in [-0.4, -0.2) is 33.1 Å². The summed E-state index contributed by atoms with van der Waals surface area (Å²) in [7, 11) is 1.94. The van der Waals surface area contributed by atoms with Crippen molar-refractivity contribution >= 4 is 11.8 Å². The summed E-state index contributed by atoms with van der Waals surface area (Å²) in [6, 6.07) is 7.97. The molecule has 0 spiro atoms. The fourth-order valence-corrected chi connectivity index (χ4v) is 2.60. The summed E-state index contributed by atoms with van der Waals surface area (Å²) in [6.07, 6.45) is 4.11. The SMILES string of the molecule is CCc1cccc(OCC(O)CSc2nccn2C)c1. The minimum absolute atomic E-state index is 0.296. The van der Waals surface area contributed by atoms with Crippen molar-refractivity contribution in [2.75, 3.05) is 12.4 Å². The van der Waals surface area contributed by atoms with Gasteiger partial charge in [-0.2, -0.15) is 0 Å². The van der Waals surface area contributed by atoms with E-state index in [1.54, 1.807) is 6.20 Å². The third kappa shape index (κ3) is 4.28. The molecule has 0 aliphatic heterocycles. The third-order valence-corrected chi connectivity index (χ3v) is 4.13. The number of imidazole rings is 1. The number of hydrogen-bond donors (Lipinski definition) is 1. The first-order chi connectivity index (χ1) is 9.69. The maximum Gasteiger partial charge on any atom is 0.167 e. The first kappa shape index (κ1) is 14.9. The van der Waals surface area contributed by atoms with Crippen LogP contribution in [0.2, 0.25) is 0 Å². The van der Waals surface area contributed by atoms with Crippen molar-refractivity contribution < 1.29 is 9.84 Å².